The first-order valence-corrected chi connectivity index (χ1v) is 6.98. The van der Waals surface area contributed by atoms with E-state index in [9.17, 15) is 0 Å². The minimum absolute atomic E-state index is 0.466. The van der Waals surface area contributed by atoms with Crippen LogP contribution in [-0.2, 0) is 10.6 Å². The average molecular weight is 322 g/mol. The maximum atomic E-state index is 5.92. The van der Waals surface area contributed by atoms with E-state index in [4.69, 9.17) is 21.1 Å². The Morgan fingerprint density at radius 1 is 1.24 bits per heavy atom. The van der Waals surface area contributed by atoms with Gasteiger partial charge in [0.15, 0.2) is 0 Å². The zero-order chi connectivity index (χ0) is 12.7. The highest BCUT2D eigenvalue weighted by atomic mass is 79.9. The lowest BCUT2D eigenvalue weighted by Gasteiger charge is -2.13. The van der Waals surface area contributed by atoms with Crippen LogP contribution in [0.15, 0.2) is 16.6 Å². The fourth-order valence-electron chi connectivity index (χ4n) is 1.63. The summed E-state index contributed by atoms with van der Waals surface area (Å²) in [6, 6.07) is 4.05. The SMILES string of the molecule is COCCCCOc1c(C)cc(Br)cc1CCl. The van der Waals surface area contributed by atoms with Crippen LogP contribution in [0.5, 0.6) is 5.75 Å². The fraction of sp³-hybridized carbons (Fsp3) is 0.538. The third-order valence-electron chi connectivity index (χ3n) is 2.45. The Kier molecular flexibility index (Phi) is 6.93. The smallest absolute Gasteiger partial charge is 0.126 e. The molecule has 4 heteroatoms. The molecule has 1 rings (SSSR count). The molecular weight excluding hydrogens is 303 g/mol. The number of alkyl halides is 1. The first-order chi connectivity index (χ1) is 8.19. The van der Waals surface area contributed by atoms with E-state index in [1.807, 2.05) is 19.1 Å². The number of rotatable bonds is 7. The van der Waals surface area contributed by atoms with Crippen molar-refractivity contribution in [3.05, 3.63) is 27.7 Å². The molecule has 96 valence electrons. The van der Waals surface area contributed by atoms with E-state index in [-0.39, 0.29) is 0 Å². The number of ether oxygens (including phenoxy) is 2. The minimum atomic E-state index is 0.466. The highest BCUT2D eigenvalue weighted by Gasteiger charge is 2.08. The number of benzene rings is 1. The molecule has 0 saturated heterocycles. The maximum Gasteiger partial charge on any atom is 0.126 e. The second kappa shape index (κ2) is 7.96. The van der Waals surface area contributed by atoms with E-state index in [2.05, 4.69) is 15.9 Å². The lowest BCUT2D eigenvalue weighted by Crippen LogP contribution is -2.03. The van der Waals surface area contributed by atoms with Gasteiger partial charge in [-0.05, 0) is 37.5 Å². The van der Waals surface area contributed by atoms with Gasteiger partial charge in [0.1, 0.15) is 5.75 Å². The Morgan fingerprint density at radius 3 is 2.59 bits per heavy atom. The molecular formula is C13H18BrClO2. The number of hydrogen-bond donors (Lipinski definition) is 0. The molecule has 0 amide bonds. The molecule has 1 aromatic carbocycles. The van der Waals surface area contributed by atoms with Gasteiger partial charge in [-0.1, -0.05) is 15.9 Å². The standard InChI is InChI=1S/C13H18BrClO2/c1-10-7-12(14)8-11(9-15)13(10)17-6-4-3-5-16-2/h7-8H,3-6,9H2,1-2H3. The van der Waals surface area contributed by atoms with E-state index >= 15 is 0 Å². The van der Waals surface area contributed by atoms with Crippen LogP contribution >= 0.6 is 27.5 Å². The van der Waals surface area contributed by atoms with Gasteiger partial charge in [-0.2, -0.15) is 0 Å². The van der Waals surface area contributed by atoms with Crippen molar-refractivity contribution in [2.24, 2.45) is 0 Å². The van der Waals surface area contributed by atoms with Gasteiger partial charge in [-0.25, -0.2) is 0 Å². The molecule has 0 unspecified atom stereocenters. The summed E-state index contributed by atoms with van der Waals surface area (Å²) in [6.07, 6.45) is 2.01. The van der Waals surface area contributed by atoms with Crippen molar-refractivity contribution in [3.63, 3.8) is 0 Å². The van der Waals surface area contributed by atoms with Crippen molar-refractivity contribution in [1.82, 2.24) is 0 Å². The normalized spacial score (nSPS) is 10.6. The van der Waals surface area contributed by atoms with Crippen LogP contribution in [0.2, 0.25) is 0 Å². The van der Waals surface area contributed by atoms with Crippen molar-refractivity contribution in [1.29, 1.82) is 0 Å². The molecule has 1 aromatic rings. The van der Waals surface area contributed by atoms with Crippen molar-refractivity contribution in [2.45, 2.75) is 25.6 Å². The molecule has 0 radical (unpaired) electrons. The highest BCUT2D eigenvalue weighted by Crippen LogP contribution is 2.29. The lowest BCUT2D eigenvalue weighted by molar-refractivity contribution is 0.184. The van der Waals surface area contributed by atoms with E-state index in [1.54, 1.807) is 7.11 Å². The summed E-state index contributed by atoms with van der Waals surface area (Å²) < 4.78 is 11.8. The molecule has 0 bridgehead atoms. The highest BCUT2D eigenvalue weighted by molar-refractivity contribution is 9.10. The number of halogens is 2. The summed E-state index contributed by atoms with van der Waals surface area (Å²) in [4.78, 5) is 0. The van der Waals surface area contributed by atoms with Gasteiger partial charge in [0.2, 0.25) is 0 Å². The maximum absolute atomic E-state index is 5.92. The van der Waals surface area contributed by atoms with Crippen LogP contribution < -0.4 is 4.74 Å². The Labute approximate surface area is 116 Å². The summed E-state index contributed by atoms with van der Waals surface area (Å²) >= 11 is 9.38. The van der Waals surface area contributed by atoms with Gasteiger partial charge in [0.05, 0.1) is 12.5 Å². The predicted molar refractivity (Wildman–Crippen MR) is 75.0 cm³/mol. The molecule has 0 aromatic heterocycles. The third-order valence-corrected chi connectivity index (χ3v) is 3.20. The summed E-state index contributed by atoms with van der Waals surface area (Å²) in [7, 11) is 1.71. The number of unbranched alkanes of at least 4 members (excludes halogenated alkanes) is 1. The zero-order valence-corrected chi connectivity index (χ0v) is 12.6. The first-order valence-electron chi connectivity index (χ1n) is 5.65. The van der Waals surface area contributed by atoms with Crippen LogP contribution in [-0.4, -0.2) is 20.3 Å². The van der Waals surface area contributed by atoms with Crippen molar-refractivity contribution in [2.75, 3.05) is 20.3 Å². The van der Waals surface area contributed by atoms with E-state index in [1.165, 1.54) is 0 Å². The molecule has 17 heavy (non-hydrogen) atoms. The molecule has 0 saturated carbocycles. The van der Waals surface area contributed by atoms with Gasteiger partial charge in [-0.15, -0.1) is 11.6 Å². The van der Waals surface area contributed by atoms with Crippen molar-refractivity contribution >= 4 is 27.5 Å². The second-order valence-corrected chi connectivity index (χ2v) is 5.08. The Balaban J connectivity index is 2.57. The van der Waals surface area contributed by atoms with Crippen LogP contribution in [0.1, 0.15) is 24.0 Å². The van der Waals surface area contributed by atoms with Crippen LogP contribution in [0.4, 0.5) is 0 Å². The van der Waals surface area contributed by atoms with Crippen molar-refractivity contribution < 1.29 is 9.47 Å². The molecule has 0 atom stereocenters. The summed E-state index contributed by atoms with van der Waals surface area (Å²) in [5.41, 5.74) is 2.15. The van der Waals surface area contributed by atoms with E-state index in [0.717, 1.165) is 40.8 Å². The second-order valence-electron chi connectivity index (χ2n) is 3.89. The largest absolute Gasteiger partial charge is 0.493 e. The van der Waals surface area contributed by atoms with Gasteiger partial charge >= 0.3 is 0 Å². The van der Waals surface area contributed by atoms with E-state index < -0.39 is 0 Å². The van der Waals surface area contributed by atoms with Crippen LogP contribution in [0, 0.1) is 6.92 Å². The third kappa shape index (κ3) is 4.86. The first kappa shape index (κ1) is 14.8. The summed E-state index contributed by atoms with van der Waals surface area (Å²) in [5.74, 6) is 1.38. The van der Waals surface area contributed by atoms with Gasteiger partial charge in [0.25, 0.3) is 0 Å². The van der Waals surface area contributed by atoms with E-state index in [0.29, 0.717) is 12.5 Å². The van der Waals surface area contributed by atoms with Crippen molar-refractivity contribution in [3.8, 4) is 5.75 Å². The van der Waals surface area contributed by atoms with Crippen LogP contribution in [0.25, 0.3) is 0 Å². The molecule has 0 aliphatic heterocycles. The summed E-state index contributed by atoms with van der Waals surface area (Å²) in [5, 5.41) is 0. The molecule has 2 nitrogen and oxygen atoms in total. The zero-order valence-electron chi connectivity index (χ0n) is 10.3. The topological polar surface area (TPSA) is 18.5 Å². The predicted octanol–water partition coefficient (Wildman–Crippen LogP) is 4.30. The molecule has 0 fully saturated rings. The monoisotopic (exact) mass is 320 g/mol. The molecule has 0 N–H and O–H groups in total. The Bertz CT molecular complexity index is 356. The molecule has 0 heterocycles. The summed E-state index contributed by atoms with van der Waals surface area (Å²) in [6.45, 7) is 3.52. The fourth-order valence-corrected chi connectivity index (χ4v) is 2.45. The Hall–Kier alpha value is -0.250. The van der Waals surface area contributed by atoms with Gasteiger partial charge < -0.3 is 9.47 Å². The van der Waals surface area contributed by atoms with Crippen LogP contribution in [0.3, 0.4) is 0 Å². The van der Waals surface area contributed by atoms with Gasteiger partial charge in [-0.3, -0.25) is 0 Å². The lowest BCUT2D eigenvalue weighted by atomic mass is 10.1. The average Bonchev–Trinajstić information content (AvgIpc) is 2.30. The van der Waals surface area contributed by atoms with Gasteiger partial charge in [0, 0.05) is 23.8 Å². The molecule has 0 spiro atoms. The number of aryl methyl sites for hydroxylation is 1. The molecule has 0 aliphatic carbocycles. The minimum Gasteiger partial charge on any atom is -0.493 e. The number of methoxy groups -OCH3 is 1. The number of hydrogen-bond acceptors (Lipinski definition) is 2. The Morgan fingerprint density at radius 2 is 1.94 bits per heavy atom. The molecule has 0 aliphatic rings. The quantitative estimate of drug-likeness (QED) is 0.550.